The Hall–Kier alpha value is 1.96. The van der Waals surface area contributed by atoms with Crippen molar-refractivity contribution in [3.8, 4) is 0 Å². The normalized spacial score (nSPS) is 11.9. The third kappa shape index (κ3) is 12.0. The van der Waals surface area contributed by atoms with Crippen LogP contribution in [-0.4, -0.2) is 5.75 Å². The van der Waals surface area contributed by atoms with E-state index in [1.165, 1.54) is 31.4 Å². The summed E-state index contributed by atoms with van der Waals surface area (Å²) in [5.41, 5.74) is 0. The molecule has 0 saturated carbocycles. The summed E-state index contributed by atoms with van der Waals surface area (Å²) in [5, 5.41) is 0. The molecule has 11 heavy (non-hydrogen) atoms. The van der Waals surface area contributed by atoms with Crippen LogP contribution >= 0.6 is 45.0 Å². The molecule has 0 aliphatic rings. The van der Waals surface area contributed by atoms with Crippen LogP contribution in [0.4, 0.5) is 0 Å². The molecular formula is C6H13Br2PS2. The molecule has 0 spiro atoms. The van der Waals surface area contributed by atoms with E-state index >= 15 is 0 Å². The first kappa shape index (κ1) is 13.0. The van der Waals surface area contributed by atoms with Crippen LogP contribution in [0.1, 0.15) is 32.6 Å². The van der Waals surface area contributed by atoms with E-state index in [0.717, 1.165) is 0 Å². The summed E-state index contributed by atoms with van der Waals surface area (Å²) in [7, 11) is 0. The number of hydrogen-bond donors (Lipinski definition) is 0. The zero-order valence-electron chi connectivity index (χ0n) is 6.56. The molecular weight excluding hydrogens is 327 g/mol. The number of halogens is 2. The minimum absolute atomic E-state index is 1.19. The molecule has 0 aliphatic carbocycles. The Morgan fingerprint density at radius 3 is 2.36 bits per heavy atom. The van der Waals surface area contributed by atoms with E-state index in [-0.39, 0.29) is 0 Å². The molecule has 0 fully saturated rings. The van der Waals surface area contributed by atoms with Gasteiger partial charge in [0.15, 0.2) is 0 Å². The number of unbranched alkanes of at least 4 members (excludes halogenated alkanes) is 3. The van der Waals surface area contributed by atoms with Crippen LogP contribution in [0, 0.1) is 0 Å². The van der Waals surface area contributed by atoms with Crippen molar-refractivity contribution >= 4 is 56.8 Å². The maximum absolute atomic E-state index is 5.17. The average Bonchev–Trinajstić information content (AvgIpc) is 1.85. The van der Waals surface area contributed by atoms with Gasteiger partial charge in [0, 0.05) is 0 Å². The molecule has 0 nitrogen and oxygen atoms in total. The second kappa shape index (κ2) is 7.37. The van der Waals surface area contributed by atoms with Gasteiger partial charge < -0.3 is 0 Å². The van der Waals surface area contributed by atoms with E-state index in [0.29, 0.717) is 0 Å². The zero-order valence-corrected chi connectivity index (χ0v) is 12.3. The lowest BCUT2D eigenvalue weighted by atomic mass is 10.2. The summed E-state index contributed by atoms with van der Waals surface area (Å²) in [4.78, 5) is 0. The molecule has 0 unspecified atom stereocenters. The van der Waals surface area contributed by atoms with Gasteiger partial charge in [0.05, 0.1) is 0 Å². The predicted molar refractivity (Wildman–Crippen MR) is 68.7 cm³/mol. The molecule has 0 saturated heterocycles. The fourth-order valence-electron chi connectivity index (χ4n) is 0.700. The van der Waals surface area contributed by atoms with Crippen LogP contribution in [0.5, 0.6) is 0 Å². The second-order valence-corrected chi connectivity index (χ2v) is 23.4. The molecule has 0 atom stereocenters. The smallest absolute Gasteiger partial charge is 0.103 e. The molecule has 0 aromatic rings. The Kier molecular flexibility index (Phi) is 8.69. The highest BCUT2D eigenvalue weighted by Crippen LogP contribution is 2.72. The van der Waals surface area contributed by atoms with Crippen molar-refractivity contribution in [2.24, 2.45) is 0 Å². The van der Waals surface area contributed by atoms with Gasteiger partial charge in [-0.05, 0) is 43.2 Å². The molecule has 68 valence electrons. The van der Waals surface area contributed by atoms with Crippen LogP contribution < -0.4 is 0 Å². The molecule has 0 aromatic heterocycles. The number of rotatable bonds is 6. The Balaban J connectivity index is 3.09. The van der Waals surface area contributed by atoms with E-state index in [2.05, 4.69) is 37.9 Å². The lowest BCUT2D eigenvalue weighted by Crippen LogP contribution is -1.77. The van der Waals surface area contributed by atoms with Gasteiger partial charge >= 0.3 is 0 Å². The van der Waals surface area contributed by atoms with Crippen LogP contribution in [0.3, 0.4) is 0 Å². The van der Waals surface area contributed by atoms with E-state index in [1.807, 2.05) is 11.4 Å². The van der Waals surface area contributed by atoms with Crippen molar-refractivity contribution in [3.63, 3.8) is 0 Å². The van der Waals surface area contributed by atoms with Crippen LogP contribution in [0.15, 0.2) is 0 Å². The van der Waals surface area contributed by atoms with E-state index < -0.39 is 2.64 Å². The van der Waals surface area contributed by atoms with Gasteiger partial charge in [-0.15, -0.1) is 11.4 Å². The van der Waals surface area contributed by atoms with Gasteiger partial charge in [-0.2, -0.15) is 0 Å². The first-order chi connectivity index (χ1) is 5.06. The molecule has 0 aliphatic heterocycles. The maximum Gasteiger partial charge on any atom is 0.127 e. The molecule has 5 heteroatoms. The lowest BCUT2D eigenvalue weighted by molar-refractivity contribution is 0.707. The number of hydrogen-bond acceptors (Lipinski definition) is 2. The van der Waals surface area contributed by atoms with Crippen molar-refractivity contribution in [1.29, 1.82) is 0 Å². The van der Waals surface area contributed by atoms with Crippen LogP contribution in [-0.2, 0) is 11.8 Å². The topological polar surface area (TPSA) is 0 Å². The largest absolute Gasteiger partial charge is 0.127 e. The standard InChI is InChI=1S/C6H13Br2PS2/c1-2-3-4-5-6-11-9(7,8)10/h2-6H2,1H3. The zero-order chi connectivity index (χ0) is 8.74. The fraction of sp³-hybridized carbons (Fsp3) is 1.00. The van der Waals surface area contributed by atoms with E-state index in [9.17, 15) is 0 Å². The quantitative estimate of drug-likeness (QED) is 0.474. The van der Waals surface area contributed by atoms with Crippen molar-refractivity contribution in [1.82, 2.24) is 0 Å². The van der Waals surface area contributed by atoms with Crippen LogP contribution in [0.25, 0.3) is 0 Å². The monoisotopic (exact) mass is 338 g/mol. The highest BCUT2D eigenvalue weighted by Gasteiger charge is 2.05. The summed E-state index contributed by atoms with van der Waals surface area (Å²) in [5.74, 6) is 1.19. The van der Waals surface area contributed by atoms with E-state index in [1.54, 1.807) is 0 Å². The molecule has 0 N–H and O–H groups in total. The molecule has 0 aromatic carbocycles. The van der Waals surface area contributed by atoms with Crippen molar-refractivity contribution in [3.05, 3.63) is 0 Å². The Morgan fingerprint density at radius 2 is 1.91 bits per heavy atom. The summed E-state index contributed by atoms with van der Waals surface area (Å²) in [6, 6.07) is 0. The summed E-state index contributed by atoms with van der Waals surface area (Å²) >= 11 is 13.9. The Morgan fingerprint density at radius 1 is 1.27 bits per heavy atom. The summed E-state index contributed by atoms with van der Waals surface area (Å²) in [6.45, 7) is 2.23. The third-order valence-corrected chi connectivity index (χ3v) is 8.10. The minimum atomic E-state index is -1.34. The van der Waals surface area contributed by atoms with Gasteiger partial charge in [-0.25, -0.2) is 0 Å². The Labute approximate surface area is 94.5 Å². The SMILES string of the molecule is CCCCCCSP(=S)(Br)Br. The molecule has 0 amide bonds. The first-order valence-corrected chi connectivity index (χ1v) is 12.1. The maximum atomic E-state index is 5.17. The van der Waals surface area contributed by atoms with Crippen molar-refractivity contribution in [2.75, 3.05) is 5.75 Å². The van der Waals surface area contributed by atoms with Gasteiger partial charge in [-0.3, -0.25) is 0 Å². The second-order valence-electron chi connectivity index (χ2n) is 2.31. The molecule has 0 bridgehead atoms. The highest BCUT2D eigenvalue weighted by atomic mass is 79.9. The van der Waals surface area contributed by atoms with Gasteiger partial charge in [-0.1, -0.05) is 38.0 Å². The molecule has 0 radical (unpaired) electrons. The summed E-state index contributed by atoms with van der Waals surface area (Å²) in [6.07, 6.45) is 5.31. The van der Waals surface area contributed by atoms with Crippen LogP contribution in [0.2, 0.25) is 0 Å². The minimum Gasteiger partial charge on any atom is -0.103 e. The fourth-order valence-corrected chi connectivity index (χ4v) is 5.55. The van der Waals surface area contributed by atoms with Gasteiger partial charge in [0.25, 0.3) is 0 Å². The molecule has 0 rings (SSSR count). The van der Waals surface area contributed by atoms with Gasteiger partial charge in [0.2, 0.25) is 0 Å². The average molecular weight is 340 g/mol. The summed E-state index contributed by atoms with van der Waals surface area (Å²) < 4.78 is -1.34. The third-order valence-electron chi connectivity index (χ3n) is 1.24. The van der Waals surface area contributed by atoms with E-state index in [4.69, 9.17) is 11.8 Å². The predicted octanol–water partition coefficient (Wildman–Crippen LogP) is 5.31. The first-order valence-electron chi connectivity index (χ1n) is 3.70. The molecule has 0 heterocycles. The lowest BCUT2D eigenvalue weighted by Gasteiger charge is -2.04. The Bertz CT molecular complexity index is 135. The van der Waals surface area contributed by atoms with Gasteiger partial charge in [0.1, 0.15) is 2.64 Å². The highest BCUT2D eigenvalue weighted by molar-refractivity contribution is 9.83. The van der Waals surface area contributed by atoms with Crippen molar-refractivity contribution < 1.29 is 0 Å². The van der Waals surface area contributed by atoms with Crippen molar-refractivity contribution in [2.45, 2.75) is 32.6 Å².